The van der Waals surface area contributed by atoms with Gasteiger partial charge in [-0.05, 0) is 31.5 Å². The fourth-order valence-electron chi connectivity index (χ4n) is 2.02. The molecule has 0 aliphatic carbocycles. The van der Waals surface area contributed by atoms with Crippen molar-refractivity contribution in [2.45, 2.75) is 38.1 Å². The zero-order valence-electron chi connectivity index (χ0n) is 12.3. The second kappa shape index (κ2) is 7.05. The molecule has 1 atom stereocenters. The molecule has 0 spiro atoms. The lowest BCUT2D eigenvalue weighted by molar-refractivity contribution is 0.0661. The summed E-state index contributed by atoms with van der Waals surface area (Å²) in [7, 11) is 0.466. The van der Waals surface area contributed by atoms with Crippen molar-refractivity contribution in [2.75, 3.05) is 19.5 Å². The van der Waals surface area contributed by atoms with Crippen LogP contribution in [0.5, 0.6) is 0 Å². The number of anilines is 1. The van der Waals surface area contributed by atoms with Crippen LogP contribution in [-0.4, -0.2) is 33.2 Å². The number of rotatable bonds is 8. The van der Waals surface area contributed by atoms with Gasteiger partial charge in [0.25, 0.3) is 0 Å². The Morgan fingerprint density at radius 2 is 1.79 bits per heavy atom. The summed E-state index contributed by atoms with van der Waals surface area (Å²) in [5.41, 5.74) is 0.869. The highest BCUT2D eigenvalue weighted by Gasteiger charge is 2.52. The van der Waals surface area contributed by atoms with E-state index < -0.39 is 13.9 Å². The summed E-state index contributed by atoms with van der Waals surface area (Å²) in [5.74, 6) is 0. The van der Waals surface area contributed by atoms with E-state index >= 15 is 0 Å². The molecule has 1 rings (SSSR count). The van der Waals surface area contributed by atoms with E-state index in [4.69, 9.17) is 8.85 Å². The van der Waals surface area contributed by atoms with Crippen LogP contribution in [0, 0.1) is 0 Å². The van der Waals surface area contributed by atoms with Crippen LogP contribution in [0.3, 0.4) is 0 Å². The van der Waals surface area contributed by atoms with Gasteiger partial charge in [0.05, 0.1) is 0 Å². The lowest BCUT2D eigenvalue weighted by atomic mass is 10.2. The van der Waals surface area contributed by atoms with Crippen molar-refractivity contribution in [3.05, 3.63) is 30.3 Å². The third-order valence-electron chi connectivity index (χ3n) is 3.55. The number of hydrogen-bond donors (Lipinski definition) is 2. The van der Waals surface area contributed by atoms with Gasteiger partial charge in [-0.15, -0.1) is 0 Å². The average molecular weight is 283 g/mol. The Morgan fingerprint density at radius 1 is 1.21 bits per heavy atom. The van der Waals surface area contributed by atoms with Gasteiger partial charge in [-0.2, -0.15) is 0 Å². The minimum atomic E-state index is -2.73. The summed E-state index contributed by atoms with van der Waals surface area (Å²) >= 11 is 0. The number of para-hydroxylation sites is 1. The SMILES string of the molecule is CCCCC(O)(Nc1ccccc1)[Si](C)(OC)OC. The molecule has 2 N–H and O–H groups in total. The number of benzene rings is 1. The minimum Gasteiger partial charge on any atom is -0.395 e. The molecular weight excluding hydrogens is 258 g/mol. The van der Waals surface area contributed by atoms with Gasteiger partial charge in [0, 0.05) is 19.9 Å². The predicted octanol–water partition coefficient (Wildman–Crippen LogP) is 2.88. The summed E-state index contributed by atoms with van der Waals surface area (Å²) in [4.78, 5) is 0. The molecule has 5 heteroatoms. The Hall–Kier alpha value is -0.883. The van der Waals surface area contributed by atoms with Gasteiger partial charge in [0.1, 0.15) is 0 Å². The first kappa shape index (κ1) is 16.2. The Bertz CT molecular complexity index is 370. The van der Waals surface area contributed by atoms with Crippen molar-refractivity contribution >= 4 is 14.2 Å². The maximum Gasteiger partial charge on any atom is 0.388 e. The fourth-order valence-corrected chi connectivity index (χ4v) is 3.86. The van der Waals surface area contributed by atoms with Crippen LogP contribution in [0.2, 0.25) is 6.55 Å². The molecule has 0 bridgehead atoms. The molecule has 4 nitrogen and oxygen atoms in total. The zero-order chi connectivity index (χ0) is 14.4. The second-order valence-electron chi connectivity index (χ2n) is 4.81. The molecule has 108 valence electrons. The molecule has 0 aromatic heterocycles. The third-order valence-corrected chi connectivity index (χ3v) is 6.98. The molecule has 0 radical (unpaired) electrons. The molecule has 1 unspecified atom stereocenters. The molecule has 0 fully saturated rings. The maximum atomic E-state index is 11.0. The van der Waals surface area contributed by atoms with E-state index in [-0.39, 0.29) is 0 Å². The van der Waals surface area contributed by atoms with Crippen LogP contribution >= 0.6 is 0 Å². The lowest BCUT2D eigenvalue weighted by Crippen LogP contribution is -2.64. The van der Waals surface area contributed by atoms with Gasteiger partial charge in [-0.3, -0.25) is 0 Å². The van der Waals surface area contributed by atoms with E-state index in [9.17, 15) is 5.11 Å². The Labute approximate surface area is 117 Å². The quantitative estimate of drug-likeness (QED) is 0.569. The minimum absolute atomic E-state index is 0.600. The van der Waals surface area contributed by atoms with Gasteiger partial charge in [-0.1, -0.05) is 31.5 Å². The average Bonchev–Trinajstić information content (AvgIpc) is 2.45. The number of nitrogens with one attached hydrogen (secondary N) is 1. The Kier molecular flexibility index (Phi) is 6.00. The Balaban J connectivity index is 2.98. The van der Waals surface area contributed by atoms with Crippen LogP contribution in [0.4, 0.5) is 5.69 Å². The molecule has 1 aromatic rings. The predicted molar refractivity (Wildman–Crippen MR) is 80.2 cm³/mol. The highest BCUT2D eigenvalue weighted by Crippen LogP contribution is 2.29. The lowest BCUT2D eigenvalue weighted by Gasteiger charge is -2.41. The first-order valence-electron chi connectivity index (χ1n) is 6.67. The van der Waals surface area contributed by atoms with Crippen molar-refractivity contribution in [1.82, 2.24) is 0 Å². The second-order valence-corrected chi connectivity index (χ2v) is 8.34. The first-order valence-corrected chi connectivity index (χ1v) is 8.99. The van der Waals surface area contributed by atoms with Gasteiger partial charge < -0.3 is 19.3 Å². The smallest absolute Gasteiger partial charge is 0.388 e. The highest BCUT2D eigenvalue weighted by molar-refractivity contribution is 6.69. The third kappa shape index (κ3) is 3.79. The molecule has 0 saturated heterocycles. The monoisotopic (exact) mass is 283 g/mol. The summed E-state index contributed by atoms with van der Waals surface area (Å²) in [6.45, 7) is 3.97. The van der Waals surface area contributed by atoms with E-state index in [1.54, 1.807) is 14.2 Å². The van der Waals surface area contributed by atoms with E-state index in [0.29, 0.717) is 6.42 Å². The first-order chi connectivity index (χ1) is 9.01. The Morgan fingerprint density at radius 3 is 2.26 bits per heavy atom. The highest BCUT2D eigenvalue weighted by atomic mass is 28.4. The van der Waals surface area contributed by atoms with Gasteiger partial charge in [0.2, 0.25) is 0 Å². The molecule has 1 aromatic carbocycles. The van der Waals surface area contributed by atoms with Gasteiger partial charge in [-0.25, -0.2) is 0 Å². The zero-order valence-corrected chi connectivity index (χ0v) is 13.3. The maximum absolute atomic E-state index is 11.0. The molecule has 0 aliphatic heterocycles. The molecule has 0 heterocycles. The summed E-state index contributed by atoms with van der Waals surface area (Å²) < 4.78 is 11.1. The molecule has 0 aliphatic rings. The normalized spacial score (nSPS) is 15.0. The van der Waals surface area contributed by atoms with Crippen LogP contribution in [0.15, 0.2) is 30.3 Å². The topological polar surface area (TPSA) is 50.7 Å². The van der Waals surface area contributed by atoms with Crippen molar-refractivity contribution in [1.29, 1.82) is 0 Å². The molecule has 19 heavy (non-hydrogen) atoms. The fraction of sp³-hybridized carbons (Fsp3) is 0.571. The molecule has 0 amide bonds. The van der Waals surface area contributed by atoms with Gasteiger partial charge in [0.15, 0.2) is 5.35 Å². The van der Waals surface area contributed by atoms with Crippen molar-refractivity contribution < 1.29 is 14.0 Å². The number of hydrogen-bond acceptors (Lipinski definition) is 4. The van der Waals surface area contributed by atoms with E-state index in [1.165, 1.54) is 0 Å². The number of aliphatic hydroxyl groups is 1. The largest absolute Gasteiger partial charge is 0.395 e. The van der Waals surface area contributed by atoms with E-state index in [1.807, 2.05) is 36.9 Å². The van der Waals surface area contributed by atoms with Crippen LogP contribution in [-0.2, 0) is 8.85 Å². The van der Waals surface area contributed by atoms with Gasteiger partial charge >= 0.3 is 8.56 Å². The van der Waals surface area contributed by atoms with Crippen molar-refractivity contribution in [3.63, 3.8) is 0 Å². The summed E-state index contributed by atoms with van der Waals surface area (Å²) in [5, 5.41) is 13.1. The molecular formula is C14H25NO3Si. The van der Waals surface area contributed by atoms with E-state index in [0.717, 1.165) is 18.5 Å². The van der Waals surface area contributed by atoms with Crippen LogP contribution in [0.25, 0.3) is 0 Å². The van der Waals surface area contributed by atoms with Crippen LogP contribution in [0.1, 0.15) is 26.2 Å². The summed E-state index contributed by atoms with van der Waals surface area (Å²) in [6, 6.07) is 9.66. The number of unbranched alkanes of at least 4 members (excludes halogenated alkanes) is 1. The van der Waals surface area contributed by atoms with Crippen LogP contribution < -0.4 is 5.32 Å². The standard InChI is InChI=1S/C14H25NO3Si/c1-5-6-12-14(16,19(4,17-2)18-3)15-13-10-8-7-9-11-13/h7-11,15-16H,5-6,12H2,1-4H3. The van der Waals surface area contributed by atoms with Crippen molar-refractivity contribution in [2.24, 2.45) is 0 Å². The summed E-state index contributed by atoms with van der Waals surface area (Å²) in [6.07, 6.45) is 2.52. The van der Waals surface area contributed by atoms with Crippen molar-refractivity contribution in [3.8, 4) is 0 Å². The molecule has 0 saturated carbocycles. The van der Waals surface area contributed by atoms with E-state index in [2.05, 4.69) is 12.2 Å².